The van der Waals surface area contributed by atoms with Crippen LogP contribution in [0.1, 0.15) is 94.3 Å². The Morgan fingerprint density at radius 3 is 0.926 bits per heavy atom. The highest BCUT2D eigenvalue weighted by atomic mass is 16.4. The lowest BCUT2D eigenvalue weighted by Gasteiger charge is -2.24. The van der Waals surface area contributed by atoms with Crippen molar-refractivity contribution in [1.29, 1.82) is 0 Å². The molecule has 19 nitrogen and oxygen atoms in total. The normalized spacial score (nSPS) is 9.96. The summed E-state index contributed by atoms with van der Waals surface area (Å²) in [7, 11) is 0. The third-order valence-electron chi connectivity index (χ3n) is 6.48. The molecule has 308 valence electrons. The summed E-state index contributed by atoms with van der Waals surface area (Å²) < 4.78 is 0. The summed E-state index contributed by atoms with van der Waals surface area (Å²) in [6, 6.07) is 10.2. The van der Waals surface area contributed by atoms with Crippen LogP contribution in [0, 0.1) is 10.8 Å². The van der Waals surface area contributed by atoms with E-state index in [9.17, 15) is 28.8 Å². The van der Waals surface area contributed by atoms with E-state index >= 15 is 0 Å². The topological polar surface area (TPSA) is 365 Å². The van der Waals surface area contributed by atoms with Crippen LogP contribution in [0.4, 0.5) is 0 Å². The van der Waals surface area contributed by atoms with Crippen molar-refractivity contribution in [2.24, 2.45) is 10.8 Å². The number of aliphatic carboxylic acids is 2. The van der Waals surface area contributed by atoms with Crippen LogP contribution in [0.25, 0.3) is 0 Å². The Morgan fingerprint density at radius 2 is 0.778 bits per heavy atom. The van der Waals surface area contributed by atoms with E-state index in [-0.39, 0.29) is 86.8 Å². The van der Waals surface area contributed by atoms with E-state index in [2.05, 4.69) is 0 Å². The third kappa shape index (κ3) is 30.6. The molecule has 2 aromatic rings. The molecule has 0 radical (unpaired) electrons. The van der Waals surface area contributed by atoms with Crippen LogP contribution < -0.4 is 0 Å². The van der Waals surface area contributed by atoms with Gasteiger partial charge in [0.25, 0.3) is 0 Å². The van der Waals surface area contributed by atoms with Crippen molar-refractivity contribution >= 4 is 35.8 Å². The number of carboxylic acid groups (broad SMARTS) is 6. The largest absolute Gasteiger partial charge is 0.481 e. The molecule has 0 aliphatic rings. The molecule has 19 heteroatoms. The van der Waals surface area contributed by atoms with E-state index < -0.39 is 41.2 Å². The summed E-state index contributed by atoms with van der Waals surface area (Å²) in [4.78, 5) is 61.2. The van der Waals surface area contributed by atoms with Gasteiger partial charge in [0.05, 0.1) is 68.5 Å². The number of unbranched alkanes of at least 4 members (excludes halogenated alkanes) is 1. The Morgan fingerprint density at radius 1 is 0.481 bits per heavy atom. The van der Waals surface area contributed by atoms with Gasteiger partial charge in [-0.25, -0.2) is 19.2 Å². The zero-order valence-electron chi connectivity index (χ0n) is 30.4. The summed E-state index contributed by atoms with van der Waals surface area (Å²) in [5, 5.41) is 108. The lowest BCUT2D eigenvalue weighted by molar-refractivity contribution is -0.139. The number of carboxylic acids is 6. The SMILES string of the molecule is CC(C)(CO)CO.CCC(CO)(CO)CO.O=C(O)CCCCC(=O)O.O=C(O)c1ccc(C(=O)O)cc1.O=C(O)c1cccc(C(=O)O)c1.OCCO. The first-order valence-electron chi connectivity index (χ1n) is 16.0. The first-order valence-corrected chi connectivity index (χ1v) is 16.0. The highest BCUT2D eigenvalue weighted by Crippen LogP contribution is 2.18. The van der Waals surface area contributed by atoms with Gasteiger partial charge in [-0.2, -0.15) is 0 Å². The Hall–Kier alpha value is -5.02. The Balaban J connectivity index is -0.000000285. The van der Waals surface area contributed by atoms with Gasteiger partial charge in [-0.1, -0.05) is 26.8 Å². The number of rotatable bonds is 16. The fourth-order valence-electron chi connectivity index (χ4n) is 2.63. The zero-order chi connectivity index (χ0) is 42.9. The highest BCUT2D eigenvalue weighted by molar-refractivity contribution is 5.93. The van der Waals surface area contributed by atoms with E-state index in [4.69, 9.17) is 66.4 Å². The molecule has 0 spiro atoms. The first kappa shape index (κ1) is 55.7. The molecule has 0 amide bonds. The molecule has 0 unspecified atom stereocenters. The van der Waals surface area contributed by atoms with Crippen LogP contribution >= 0.6 is 0 Å². The summed E-state index contributed by atoms with van der Waals surface area (Å²) in [5.74, 6) is -6.12. The maximum atomic E-state index is 10.4. The number of hydrogen-bond acceptors (Lipinski definition) is 13. The number of benzene rings is 2. The molecular weight excluding hydrogens is 724 g/mol. The van der Waals surface area contributed by atoms with Crippen molar-refractivity contribution in [3.8, 4) is 0 Å². The van der Waals surface area contributed by atoms with Gasteiger partial charge < -0.3 is 66.4 Å². The summed E-state index contributed by atoms with van der Waals surface area (Å²) in [5.41, 5.74) is -0.843. The number of hydrogen-bond donors (Lipinski definition) is 13. The van der Waals surface area contributed by atoms with E-state index in [0.717, 1.165) is 6.07 Å². The second-order valence-electron chi connectivity index (χ2n) is 11.6. The van der Waals surface area contributed by atoms with Gasteiger partial charge in [-0.05, 0) is 61.7 Å². The minimum absolute atomic E-state index is 0.0186. The molecule has 13 N–H and O–H groups in total. The molecule has 2 aromatic carbocycles. The van der Waals surface area contributed by atoms with Gasteiger partial charge in [-0.15, -0.1) is 0 Å². The lowest BCUT2D eigenvalue weighted by Crippen LogP contribution is -2.32. The minimum Gasteiger partial charge on any atom is -0.481 e. The van der Waals surface area contributed by atoms with E-state index in [1.807, 2.05) is 6.92 Å². The number of carbonyl (C=O) groups is 6. The zero-order valence-corrected chi connectivity index (χ0v) is 30.4. The fourth-order valence-corrected chi connectivity index (χ4v) is 2.63. The molecule has 0 aliphatic heterocycles. The molecule has 0 bridgehead atoms. The average Bonchev–Trinajstić information content (AvgIpc) is 3.15. The van der Waals surface area contributed by atoms with Crippen molar-refractivity contribution in [3.63, 3.8) is 0 Å². The molecule has 2 rings (SSSR count). The highest BCUT2D eigenvalue weighted by Gasteiger charge is 2.25. The van der Waals surface area contributed by atoms with Crippen LogP contribution in [-0.2, 0) is 9.59 Å². The standard InChI is InChI=1S/2C8H6O4.C6H10O4.C6H14O3.C5H12O2.C2H6O2/c9-7(10)5-1-2-6(4-3-5)8(11)12;9-7(10)5-2-1-3-6(4-5)8(11)12;7-5(8)3-1-2-4-6(9)10;1-2-6(3-7,4-8)5-9;1-5(2,3-6)4-7;3-1-2-4/h2*1-4H,(H,9,10)(H,11,12);1-4H2,(H,7,8)(H,9,10);7-9H,2-5H2,1H3;6-7H,3-4H2,1-2H3;3-4H,1-2H2. The van der Waals surface area contributed by atoms with Crippen molar-refractivity contribution in [2.45, 2.75) is 52.9 Å². The van der Waals surface area contributed by atoms with Crippen molar-refractivity contribution in [2.75, 3.05) is 46.2 Å². The molecule has 0 aliphatic carbocycles. The Bertz CT molecular complexity index is 1250. The Kier molecular flexibility index (Phi) is 33.7. The minimum atomic E-state index is -1.13. The smallest absolute Gasteiger partial charge is 0.335 e. The maximum absolute atomic E-state index is 10.4. The van der Waals surface area contributed by atoms with E-state index in [1.165, 1.54) is 42.5 Å². The third-order valence-corrected chi connectivity index (χ3v) is 6.48. The molecule has 0 heterocycles. The van der Waals surface area contributed by atoms with Gasteiger partial charge in [-0.3, -0.25) is 9.59 Å². The Labute approximate surface area is 311 Å². The molecule has 54 heavy (non-hydrogen) atoms. The van der Waals surface area contributed by atoms with Crippen molar-refractivity contribution in [1.82, 2.24) is 0 Å². The van der Waals surface area contributed by atoms with E-state index in [1.54, 1.807) is 13.8 Å². The first-order chi connectivity index (χ1) is 25.1. The number of aliphatic hydroxyl groups excluding tert-OH is 7. The number of aromatic carboxylic acids is 4. The summed E-state index contributed by atoms with van der Waals surface area (Å²) in [6.07, 6.45) is 1.61. The quantitative estimate of drug-likeness (QED) is 0.106. The van der Waals surface area contributed by atoms with Crippen LogP contribution in [0.3, 0.4) is 0 Å². The van der Waals surface area contributed by atoms with Crippen LogP contribution in [0.2, 0.25) is 0 Å². The predicted octanol–water partition coefficient (Wildman–Crippen LogP) is 1.21. The van der Waals surface area contributed by atoms with Gasteiger partial charge in [0.2, 0.25) is 0 Å². The van der Waals surface area contributed by atoms with Gasteiger partial charge in [0.15, 0.2) is 0 Å². The average molecular weight is 779 g/mol. The van der Waals surface area contributed by atoms with Crippen molar-refractivity contribution < 1.29 is 95.2 Å². The maximum Gasteiger partial charge on any atom is 0.335 e. The van der Waals surface area contributed by atoms with Crippen molar-refractivity contribution in [3.05, 3.63) is 70.8 Å². The summed E-state index contributed by atoms with van der Waals surface area (Å²) >= 11 is 0. The molecule has 0 saturated carbocycles. The summed E-state index contributed by atoms with van der Waals surface area (Å²) in [6.45, 7) is 4.79. The second-order valence-corrected chi connectivity index (χ2v) is 11.6. The number of aliphatic hydroxyl groups is 7. The monoisotopic (exact) mass is 778 g/mol. The molecule has 0 atom stereocenters. The van der Waals surface area contributed by atoms with Gasteiger partial charge >= 0.3 is 35.8 Å². The van der Waals surface area contributed by atoms with Gasteiger partial charge in [0.1, 0.15) is 0 Å². The predicted molar refractivity (Wildman–Crippen MR) is 191 cm³/mol. The molecule has 0 fully saturated rings. The second kappa shape index (κ2) is 32.6. The van der Waals surface area contributed by atoms with Crippen LogP contribution in [-0.4, -0.2) is 148 Å². The molecular formula is C35H54O19. The van der Waals surface area contributed by atoms with Gasteiger partial charge in [0, 0.05) is 23.7 Å². The molecule has 0 aromatic heterocycles. The molecule has 0 saturated heterocycles. The lowest BCUT2D eigenvalue weighted by atomic mass is 9.88. The van der Waals surface area contributed by atoms with Crippen LogP contribution in [0.5, 0.6) is 0 Å². The fraction of sp³-hybridized carbons (Fsp3) is 0.486. The van der Waals surface area contributed by atoms with Crippen LogP contribution in [0.15, 0.2) is 48.5 Å². The van der Waals surface area contributed by atoms with E-state index in [0.29, 0.717) is 19.3 Å².